The van der Waals surface area contributed by atoms with Crippen LogP contribution in [0.3, 0.4) is 0 Å². The highest BCUT2D eigenvalue weighted by atomic mass is 19.4. The van der Waals surface area contributed by atoms with Crippen molar-refractivity contribution >= 4 is 22.9 Å². The number of phenolic OH excluding ortho intramolecular Hbond substituents is 1. The van der Waals surface area contributed by atoms with Gasteiger partial charge in [0.2, 0.25) is 5.95 Å². The van der Waals surface area contributed by atoms with Gasteiger partial charge < -0.3 is 14.9 Å². The molecule has 3 heterocycles. The van der Waals surface area contributed by atoms with Crippen molar-refractivity contribution in [1.29, 1.82) is 0 Å². The van der Waals surface area contributed by atoms with E-state index in [1.807, 2.05) is 0 Å². The highest BCUT2D eigenvalue weighted by molar-refractivity contribution is 5.92. The van der Waals surface area contributed by atoms with Crippen LogP contribution in [0.25, 0.3) is 22.3 Å². The predicted molar refractivity (Wildman–Crippen MR) is 119 cm³/mol. The molecule has 1 aliphatic carbocycles. The third-order valence-corrected chi connectivity index (χ3v) is 6.88. The molecule has 0 bridgehead atoms. The van der Waals surface area contributed by atoms with Gasteiger partial charge in [0.25, 0.3) is 0 Å². The summed E-state index contributed by atoms with van der Waals surface area (Å²) >= 11 is 0. The van der Waals surface area contributed by atoms with Crippen molar-refractivity contribution in [3.63, 3.8) is 0 Å². The summed E-state index contributed by atoms with van der Waals surface area (Å²) in [6, 6.07) is -0.327. The largest absolute Gasteiger partial charge is 0.503 e. The van der Waals surface area contributed by atoms with Gasteiger partial charge in [-0.05, 0) is 18.4 Å². The lowest BCUT2D eigenvalue weighted by molar-refractivity contribution is -0.186. The lowest BCUT2D eigenvalue weighted by Crippen LogP contribution is -2.57. The number of aromatic nitrogens is 4. The Kier molecular flexibility index (Phi) is 6.33. The van der Waals surface area contributed by atoms with Crippen LogP contribution in [-0.4, -0.2) is 67.5 Å². The number of fused-ring (bicyclic) bond motifs is 1. The highest BCUT2D eigenvalue weighted by Crippen LogP contribution is 2.42. The molecule has 1 atom stereocenters. The SMILES string of the molecule is Cn1nc(-c2cc(C(F)(F)F)c(F)c(O)c2F)c2cnc(N3CCN(C(=O)C(F)(F)F)C[C@H]3CC3CC3)nc21. The summed E-state index contributed by atoms with van der Waals surface area (Å²) in [6.45, 7) is -0.449. The van der Waals surface area contributed by atoms with Crippen molar-refractivity contribution in [1.82, 2.24) is 24.6 Å². The van der Waals surface area contributed by atoms with Crippen LogP contribution in [-0.2, 0) is 18.0 Å². The molecule has 0 radical (unpaired) electrons. The number of benzene rings is 1. The Morgan fingerprint density at radius 2 is 1.79 bits per heavy atom. The standard InChI is InChI=1S/C23H20F8N6O2/c1-35-19-13(17(34-35)12-7-14(22(26,27)28)16(25)18(38)15(12)24)8-32-21(33-19)37-5-4-36(20(39)23(29,30)31)9-11(37)6-10-2-3-10/h7-8,10-11,38H,2-6,9H2,1H3/t11-/m1/s1. The molecule has 210 valence electrons. The zero-order valence-corrected chi connectivity index (χ0v) is 20.1. The summed E-state index contributed by atoms with van der Waals surface area (Å²) in [5.74, 6) is -7.20. The lowest BCUT2D eigenvalue weighted by atomic mass is 10.0. The van der Waals surface area contributed by atoms with Crippen LogP contribution in [0, 0.1) is 17.6 Å². The summed E-state index contributed by atoms with van der Waals surface area (Å²) in [7, 11) is 1.37. The molecule has 1 saturated heterocycles. The molecule has 3 aromatic rings. The second kappa shape index (κ2) is 9.19. The van der Waals surface area contributed by atoms with E-state index in [4.69, 9.17) is 0 Å². The van der Waals surface area contributed by atoms with Crippen molar-refractivity contribution in [2.75, 3.05) is 24.5 Å². The molecule has 0 spiro atoms. The van der Waals surface area contributed by atoms with Gasteiger partial charge in [-0.15, -0.1) is 0 Å². The number of rotatable bonds is 4. The summed E-state index contributed by atoms with van der Waals surface area (Å²) in [6.07, 6.45) is -6.78. The molecular formula is C23H20F8N6O2. The van der Waals surface area contributed by atoms with Crippen LogP contribution < -0.4 is 4.90 Å². The Labute approximate surface area is 214 Å². The smallest absolute Gasteiger partial charge is 0.471 e. The van der Waals surface area contributed by atoms with Crippen molar-refractivity contribution < 1.29 is 45.0 Å². The minimum atomic E-state index is -5.23. The molecule has 16 heteroatoms. The Bertz CT molecular complexity index is 1450. The average molecular weight is 564 g/mol. The van der Waals surface area contributed by atoms with Gasteiger partial charge in [-0.2, -0.15) is 36.4 Å². The first-order valence-corrected chi connectivity index (χ1v) is 11.8. The van der Waals surface area contributed by atoms with E-state index in [9.17, 15) is 45.0 Å². The predicted octanol–water partition coefficient (Wildman–Crippen LogP) is 4.41. The van der Waals surface area contributed by atoms with Crippen LogP contribution in [0.2, 0.25) is 0 Å². The Morgan fingerprint density at radius 3 is 2.41 bits per heavy atom. The second-order valence-electron chi connectivity index (χ2n) is 9.60. The summed E-state index contributed by atoms with van der Waals surface area (Å²) in [4.78, 5) is 22.8. The number of aryl methyl sites for hydroxylation is 1. The number of phenols is 1. The van der Waals surface area contributed by atoms with Gasteiger partial charge in [-0.1, -0.05) is 12.8 Å². The first kappa shape index (κ1) is 26.9. The van der Waals surface area contributed by atoms with Gasteiger partial charge in [0, 0.05) is 44.5 Å². The molecule has 1 aliphatic heterocycles. The van der Waals surface area contributed by atoms with E-state index in [0.717, 1.165) is 28.6 Å². The zero-order valence-electron chi connectivity index (χ0n) is 20.1. The molecule has 0 unspecified atom stereocenters. The number of piperazine rings is 1. The molecular weight excluding hydrogens is 544 g/mol. The first-order valence-electron chi connectivity index (χ1n) is 11.8. The van der Waals surface area contributed by atoms with Crippen LogP contribution in [0.15, 0.2) is 12.3 Å². The van der Waals surface area contributed by atoms with E-state index in [-0.39, 0.29) is 54.3 Å². The normalized spacial score (nSPS) is 18.7. The Morgan fingerprint density at radius 1 is 1.10 bits per heavy atom. The molecule has 2 fully saturated rings. The van der Waals surface area contributed by atoms with E-state index in [1.54, 1.807) is 4.90 Å². The van der Waals surface area contributed by atoms with Crippen molar-refractivity contribution in [3.8, 4) is 17.0 Å². The highest BCUT2D eigenvalue weighted by Gasteiger charge is 2.46. The molecule has 2 aliphatic rings. The second-order valence-corrected chi connectivity index (χ2v) is 9.60. The van der Waals surface area contributed by atoms with E-state index in [1.165, 1.54) is 7.05 Å². The van der Waals surface area contributed by atoms with Crippen molar-refractivity contribution in [2.45, 2.75) is 37.7 Å². The molecule has 5 rings (SSSR count). The summed E-state index contributed by atoms with van der Waals surface area (Å²) < 4.78 is 109. The van der Waals surface area contributed by atoms with Gasteiger partial charge in [-0.25, -0.2) is 18.4 Å². The van der Waals surface area contributed by atoms with Crippen molar-refractivity contribution in [3.05, 3.63) is 29.5 Å². The number of halogens is 8. The van der Waals surface area contributed by atoms with Crippen LogP contribution in [0.4, 0.5) is 41.1 Å². The minimum Gasteiger partial charge on any atom is -0.503 e. The van der Waals surface area contributed by atoms with Crippen LogP contribution >= 0.6 is 0 Å². The first-order chi connectivity index (χ1) is 18.2. The fourth-order valence-corrected chi connectivity index (χ4v) is 4.79. The Hall–Kier alpha value is -3.72. The topological polar surface area (TPSA) is 87.4 Å². The van der Waals surface area contributed by atoms with Gasteiger partial charge in [-0.3, -0.25) is 4.79 Å². The number of nitrogens with zero attached hydrogens (tertiary/aromatic N) is 6. The van der Waals surface area contributed by atoms with Gasteiger partial charge in [0.1, 0.15) is 5.69 Å². The molecule has 1 saturated carbocycles. The number of carbonyl (C=O) groups excluding carboxylic acids is 1. The third-order valence-electron chi connectivity index (χ3n) is 6.88. The number of amides is 1. The average Bonchev–Trinajstić information content (AvgIpc) is 3.62. The fourth-order valence-electron chi connectivity index (χ4n) is 4.79. The molecule has 1 aromatic carbocycles. The maximum absolute atomic E-state index is 14.7. The van der Waals surface area contributed by atoms with Crippen LogP contribution in [0.1, 0.15) is 24.8 Å². The molecule has 8 nitrogen and oxygen atoms in total. The van der Waals surface area contributed by atoms with E-state index >= 15 is 0 Å². The third kappa shape index (κ3) is 4.91. The molecule has 2 aromatic heterocycles. The quantitative estimate of drug-likeness (QED) is 0.473. The zero-order chi connectivity index (χ0) is 28.4. The molecule has 1 amide bonds. The molecule has 1 N–H and O–H groups in total. The number of hydrogen-bond acceptors (Lipinski definition) is 6. The van der Waals surface area contributed by atoms with Crippen molar-refractivity contribution in [2.24, 2.45) is 13.0 Å². The maximum atomic E-state index is 14.7. The van der Waals surface area contributed by atoms with Gasteiger partial charge in [0.15, 0.2) is 23.0 Å². The number of alkyl halides is 6. The maximum Gasteiger partial charge on any atom is 0.471 e. The molecule has 39 heavy (non-hydrogen) atoms. The van der Waals surface area contributed by atoms with Gasteiger partial charge in [0.05, 0.1) is 10.9 Å². The van der Waals surface area contributed by atoms with E-state index in [0.29, 0.717) is 6.42 Å². The van der Waals surface area contributed by atoms with Gasteiger partial charge >= 0.3 is 18.3 Å². The monoisotopic (exact) mass is 564 g/mol. The Balaban J connectivity index is 1.52. The minimum absolute atomic E-state index is 0.00910. The van der Waals surface area contributed by atoms with E-state index < -0.39 is 52.8 Å². The number of carbonyl (C=O) groups is 1. The number of anilines is 1. The lowest BCUT2D eigenvalue weighted by Gasteiger charge is -2.41. The number of hydrogen-bond donors (Lipinski definition) is 1. The summed E-state index contributed by atoms with van der Waals surface area (Å²) in [5.41, 5.74) is -3.05. The van der Waals surface area contributed by atoms with E-state index in [2.05, 4.69) is 15.1 Å². The number of aromatic hydroxyl groups is 1. The summed E-state index contributed by atoms with van der Waals surface area (Å²) in [5, 5.41) is 13.7. The van der Waals surface area contributed by atoms with Crippen LogP contribution in [0.5, 0.6) is 5.75 Å². The fraction of sp³-hybridized carbons (Fsp3) is 0.478.